The van der Waals surface area contributed by atoms with Crippen molar-refractivity contribution in [3.63, 3.8) is 0 Å². The van der Waals surface area contributed by atoms with E-state index >= 15 is 0 Å². The zero-order valence-electron chi connectivity index (χ0n) is 14.1. The maximum Gasteiger partial charge on any atom is 0.275 e. The molecule has 2 aromatic carbocycles. The first kappa shape index (κ1) is 15.9. The fraction of sp³-hybridized carbons (Fsp3) is 0.238. The van der Waals surface area contributed by atoms with Crippen LogP contribution in [-0.2, 0) is 9.53 Å². The van der Waals surface area contributed by atoms with Crippen LogP contribution in [0.1, 0.15) is 11.1 Å². The topological polar surface area (TPSA) is 41.9 Å². The molecule has 0 unspecified atom stereocenters. The Bertz CT molecular complexity index is 942. The first-order valence-corrected chi connectivity index (χ1v) is 8.53. The molecular formula is C21H20N2O2. The van der Waals surface area contributed by atoms with Crippen molar-refractivity contribution in [1.82, 2.24) is 4.90 Å². The van der Waals surface area contributed by atoms with Gasteiger partial charge in [-0.3, -0.25) is 9.69 Å². The smallest absolute Gasteiger partial charge is 0.275 e. The summed E-state index contributed by atoms with van der Waals surface area (Å²) in [5, 5.41) is 1.64. The lowest BCUT2D eigenvalue weighted by Gasteiger charge is -2.28. The largest absolute Gasteiger partial charge is 0.379 e. The molecule has 1 fully saturated rings. The number of hydrogen-bond donors (Lipinski definition) is 0. The average molecular weight is 332 g/mol. The summed E-state index contributed by atoms with van der Waals surface area (Å²) < 4.78 is 5.42. The summed E-state index contributed by atoms with van der Waals surface area (Å²) in [6.45, 7) is 7.72. The standard InChI is InChI=1S/C21H20N2O2/c1-15-7-8-19-17(13-15)20(16-5-3-2-4-6-16)18(21(24)22-19)14-23-9-11-25-12-10-23/h2-8,13H,1,9-12,14H2. The Balaban J connectivity index is 1.88. The van der Waals surface area contributed by atoms with Crippen molar-refractivity contribution in [3.05, 3.63) is 75.8 Å². The molecule has 0 saturated carbocycles. The number of ether oxygens (including phenoxy) is 1. The van der Waals surface area contributed by atoms with Crippen molar-refractivity contribution >= 4 is 18.1 Å². The number of morpholine rings is 1. The molecule has 0 spiro atoms. The van der Waals surface area contributed by atoms with Gasteiger partial charge in [0.25, 0.3) is 5.91 Å². The van der Waals surface area contributed by atoms with Crippen LogP contribution in [-0.4, -0.2) is 43.7 Å². The van der Waals surface area contributed by atoms with Crippen molar-refractivity contribution in [2.45, 2.75) is 0 Å². The van der Waals surface area contributed by atoms with Gasteiger partial charge in [-0.2, -0.15) is 0 Å². The van der Waals surface area contributed by atoms with Crippen LogP contribution in [0.15, 0.2) is 59.1 Å². The van der Waals surface area contributed by atoms with Crippen LogP contribution in [0.3, 0.4) is 0 Å². The van der Waals surface area contributed by atoms with Crippen LogP contribution < -0.4 is 10.6 Å². The van der Waals surface area contributed by atoms with Crippen LogP contribution in [0.2, 0.25) is 0 Å². The van der Waals surface area contributed by atoms with Crippen LogP contribution >= 0.6 is 0 Å². The van der Waals surface area contributed by atoms with E-state index in [9.17, 15) is 4.79 Å². The highest BCUT2D eigenvalue weighted by atomic mass is 16.5. The minimum atomic E-state index is -0.144. The Morgan fingerprint density at radius 3 is 2.60 bits per heavy atom. The van der Waals surface area contributed by atoms with Crippen molar-refractivity contribution in [2.24, 2.45) is 4.99 Å². The highest BCUT2D eigenvalue weighted by Crippen LogP contribution is 2.28. The van der Waals surface area contributed by atoms with Crippen LogP contribution in [0.4, 0.5) is 0 Å². The van der Waals surface area contributed by atoms with Crippen LogP contribution in [0.25, 0.3) is 12.2 Å². The number of hydrogen-bond acceptors (Lipinski definition) is 3. The molecule has 0 atom stereocenters. The SMILES string of the molecule is C=c1ccc2c(c1)C(c1ccccc1)=C(CN1CCOCC1)C(=O)N=2. The number of nitrogens with zero attached hydrogens (tertiary/aromatic N) is 2. The van der Waals surface area contributed by atoms with Crippen molar-refractivity contribution in [3.8, 4) is 0 Å². The second-order valence-corrected chi connectivity index (χ2v) is 6.38. The quantitative estimate of drug-likeness (QED) is 0.853. The summed E-state index contributed by atoms with van der Waals surface area (Å²) in [5.74, 6) is -0.144. The van der Waals surface area contributed by atoms with E-state index in [-0.39, 0.29) is 5.91 Å². The predicted molar refractivity (Wildman–Crippen MR) is 97.5 cm³/mol. The highest BCUT2D eigenvalue weighted by Gasteiger charge is 2.25. The number of amides is 1. The van der Waals surface area contributed by atoms with Crippen LogP contribution in [0, 0.1) is 0 Å². The average Bonchev–Trinajstić information content (AvgIpc) is 2.64. The summed E-state index contributed by atoms with van der Waals surface area (Å²) in [6, 6.07) is 15.9. The van der Waals surface area contributed by atoms with Gasteiger partial charge in [-0.1, -0.05) is 43.0 Å². The molecule has 0 aliphatic carbocycles. The van der Waals surface area contributed by atoms with Gasteiger partial charge in [0.1, 0.15) is 0 Å². The van der Waals surface area contributed by atoms with E-state index in [0.717, 1.165) is 45.9 Å². The molecule has 1 saturated heterocycles. The normalized spacial score (nSPS) is 18.0. The van der Waals surface area contributed by atoms with Gasteiger partial charge >= 0.3 is 0 Å². The summed E-state index contributed by atoms with van der Waals surface area (Å²) in [6.07, 6.45) is 0. The predicted octanol–water partition coefficient (Wildman–Crippen LogP) is 1.39. The lowest BCUT2D eigenvalue weighted by atomic mass is 9.89. The molecule has 25 heavy (non-hydrogen) atoms. The van der Waals surface area contributed by atoms with Gasteiger partial charge in [0, 0.05) is 36.3 Å². The Labute approximate surface area is 146 Å². The van der Waals surface area contributed by atoms with E-state index in [4.69, 9.17) is 4.74 Å². The third-order valence-electron chi connectivity index (χ3n) is 4.66. The molecule has 0 aromatic heterocycles. The number of carbonyl (C=O) groups excluding carboxylic acids is 1. The second kappa shape index (κ2) is 6.75. The molecule has 0 bridgehead atoms. The number of benzene rings is 2. The van der Waals surface area contributed by atoms with E-state index in [2.05, 4.69) is 16.5 Å². The second-order valence-electron chi connectivity index (χ2n) is 6.38. The summed E-state index contributed by atoms with van der Waals surface area (Å²) in [7, 11) is 0. The van der Waals surface area contributed by atoms with Crippen molar-refractivity contribution in [2.75, 3.05) is 32.8 Å². The lowest BCUT2D eigenvalue weighted by molar-refractivity contribution is -0.115. The number of carbonyl (C=O) groups is 1. The molecule has 1 amide bonds. The molecule has 2 aliphatic heterocycles. The zero-order chi connectivity index (χ0) is 17.2. The lowest BCUT2D eigenvalue weighted by Crippen LogP contribution is -2.39. The third kappa shape index (κ3) is 3.18. The van der Waals surface area contributed by atoms with E-state index < -0.39 is 0 Å². The van der Waals surface area contributed by atoms with E-state index in [1.165, 1.54) is 0 Å². The van der Waals surface area contributed by atoms with Gasteiger partial charge in [0.15, 0.2) is 0 Å². The Morgan fingerprint density at radius 1 is 1.08 bits per heavy atom. The molecule has 126 valence electrons. The summed E-state index contributed by atoms with van der Waals surface area (Å²) >= 11 is 0. The van der Waals surface area contributed by atoms with Crippen LogP contribution in [0.5, 0.6) is 0 Å². The molecule has 0 radical (unpaired) electrons. The maximum absolute atomic E-state index is 12.8. The summed E-state index contributed by atoms with van der Waals surface area (Å²) in [4.78, 5) is 19.4. The first-order valence-electron chi connectivity index (χ1n) is 8.53. The van der Waals surface area contributed by atoms with Gasteiger partial charge in [-0.25, -0.2) is 4.99 Å². The zero-order valence-corrected chi connectivity index (χ0v) is 14.1. The van der Waals surface area contributed by atoms with E-state index in [0.29, 0.717) is 19.8 Å². The molecule has 4 rings (SSSR count). The van der Waals surface area contributed by atoms with Gasteiger partial charge < -0.3 is 4.74 Å². The molecule has 2 aliphatic rings. The van der Waals surface area contributed by atoms with Gasteiger partial charge in [0.2, 0.25) is 0 Å². The van der Waals surface area contributed by atoms with Gasteiger partial charge in [0.05, 0.1) is 18.6 Å². The summed E-state index contributed by atoms with van der Waals surface area (Å²) in [5.41, 5.74) is 3.77. The van der Waals surface area contributed by atoms with E-state index in [1.54, 1.807) is 0 Å². The fourth-order valence-electron chi connectivity index (χ4n) is 3.39. The highest BCUT2D eigenvalue weighted by molar-refractivity contribution is 6.07. The molecule has 2 heterocycles. The molecule has 0 N–H and O–H groups in total. The van der Waals surface area contributed by atoms with Crippen molar-refractivity contribution < 1.29 is 9.53 Å². The van der Waals surface area contributed by atoms with Gasteiger partial charge in [-0.15, -0.1) is 0 Å². The van der Waals surface area contributed by atoms with Crippen molar-refractivity contribution in [1.29, 1.82) is 0 Å². The molecule has 2 aromatic rings. The Morgan fingerprint density at radius 2 is 1.84 bits per heavy atom. The van der Waals surface area contributed by atoms with E-state index in [1.807, 2.05) is 48.5 Å². The monoisotopic (exact) mass is 332 g/mol. The Hall–Kier alpha value is -2.56. The maximum atomic E-state index is 12.8. The fourth-order valence-corrected chi connectivity index (χ4v) is 3.39. The third-order valence-corrected chi connectivity index (χ3v) is 4.66. The molecule has 4 heteroatoms. The number of rotatable bonds is 3. The minimum Gasteiger partial charge on any atom is -0.379 e. The van der Waals surface area contributed by atoms with Gasteiger partial charge in [-0.05, 0) is 22.9 Å². The molecule has 4 nitrogen and oxygen atoms in total. The molecular weight excluding hydrogens is 312 g/mol. The first-order chi connectivity index (χ1) is 12.2. The number of fused-ring (bicyclic) bond motifs is 1. The Kier molecular flexibility index (Phi) is 4.30. The minimum absolute atomic E-state index is 0.144.